The van der Waals surface area contributed by atoms with Crippen LogP contribution in [-0.2, 0) is 0 Å². The molecule has 0 bridgehead atoms. The van der Waals surface area contributed by atoms with Gasteiger partial charge in [0, 0.05) is 25.0 Å². The highest BCUT2D eigenvalue weighted by Gasteiger charge is 2.33. The van der Waals surface area contributed by atoms with Crippen molar-refractivity contribution in [1.29, 1.82) is 0 Å². The number of hydrogen-bond donors (Lipinski definition) is 2. The molecule has 2 heterocycles. The number of fused-ring (bicyclic) bond motifs is 1. The lowest BCUT2D eigenvalue weighted by Crippen LogP contribution is -2.52. The molecule has 2 N–H and O–H groups in total. The molecule has 0 spiro atoms. The van der Waals surface area contributed by atoms with Crippen molar-refractivity contribution in [2.45, 2.75) is 32.0 Å². The molecule has 0 radical (unpaired) electrons. The number of methoxy groups -OCH3 is 1. The number of para-hydroxylation sites is 3. The van der Waals surface area contributed by atoms with E-state index in [9.17, 15) is 0 Å². The second kappa shape index (κ2) is 8.63. The third-order valence-electron chi connectivity index (χ3n) is 5.35. The van der Waals surface area contributed by atoms with Crippen molar-refractivity contribution < 1.29 is 9.47 Å². The molecule has 28 heavy (non-hydrogen) atoms. The van der Waals surface area contributed by atoms with Crippen LogP contribution in [0, 0.1) is 0 Å². The lowest BCUT2D eigenvalue weighted by Gasteiger charge is -2.41. The topological polar surface area (TPSA) is 62.4 Å². The Morgan fingerprint density at radius 3 is 2.75 bits per heavy atom. The van der Waals surface area contributed by atoms with Gasteiger partial charge in [-0.2, -0.15) is 5.10 Å². The minimum atomic E-state index is -0.0320. The van der Waals surface area contributed by atoms with Gasteiger partial charge in [-0.05, 0) is 24.6 Å². The van der Waals surface area contributed by atoms with Crippen LogP contribution in [0.15, 0.2) is 48.5 Å². The first-order chi connectivity index (χ1) is 13.8. The van der Waals surface area contributed by atoms with E-state index in [4.69, 9.17) is 9.47 Å². The van der Waals surface area contributed by atoms with Gasteiger partial charge in [0.15, 0.2) is 17.7 Å². The number of benzene rings is 2. The van der Waals surface area contributed by atoms with Gasteiger partial charge in [0.1, 0.15) is 0 Å². The third kappa shape index (κ3) is 3.70. The SMILES string of the molecule is CCCC(Oc1ccccc1OC)N1CCNCC1c1[nH]nc2ccccc12. The lowest BCUT2D eigenvalue weighted by molar-refractivity contribution is -0.0254. The molecule has 2 unspecified atom stereocenters. The zero-order valence-corrected chi connectivity index (χ0v) is 16.5. The van der Waals surface area contributed by atoms with Gasteiger partial charge in [0.25, 0.3) is 0 Å². The maximum absolute atomic E-state index is 6.50. The van der Waals surface area contributed by atoms with Gasteiger partial charge in [-0.3, -0.25) is 10.00 Å². The van der Waals surface area contributed by atoms with Gasteiger partial charge in [-0.1, -0.05) is 43.7 Å². The molecule has 4 rings (SSSR count). The van der Waals surface area contributed by atoms with Crippen molar-refractivity contribution in [3.05, 3.63) is 54.2 Å². The molecule has 0 amide bonds. The number of nitrogens with zero attached hydrogens (tertiary/aromatic N) is 2. The minimum Gasteiger partial charge on any atom is -0.493 e. The summed E-state index contributed by atoms with van der Waals surface area (Å²) in [6.45, 7) is 4.92. The fraction of sp³-hybridized carbons (Fsp3) is 0.409. The number of hydrogen-bond acceptors (Lipinski definition) is 5. The Kier molecular flexibility index (Phi) is 5.78. The Labute approximate surface area is 165 Å². The number of piperazine rings is 1. The molecule has 2 atom stereocenters. The van der Waals surface area contributed by atoms with Crippen LogP contribution >= 0.6 is 0 Å². The summed E-state index contributed by atoms with van der Waals surface area (Å²) < 4.78 is 12.0. The van der Waals surface area contributed by atoms with Crippen LogP contribution in [0.5, 0.6) is 11.5 Å². The first kappa shape index (κ1) is 18.8. The number of H-pyrrole nitrogens is 1. The predicted molar refractivity (Wildman–Crippen MR) is 111 cm³/mol. The molecule has 3 aromatic rings. The number of nitrogens with one attached hydrogen (secondary N) is 2. The quantitative estimate of drug-likeness (QED) is 0.654. The van der Waals surface area contributed by atoms with Gasteiger partial charge < -0.3 is 14.8 Å². The Morgan fingerprint density at radius 2 is 1.93 bits per heavy atom. The normalized spacial score (nSPS) is 18.9. The number of aromatic amines is 1. The maximum atomic E-state index is 6.50. The molecule has 6 heteroatoms. The number of rotatable bonds is 7. The van der Waals surface area contributed by atoms with E-state index in [2.05, 4.69) is 39.5 Å². The molecule has 6 nitrogen and oxygen atoms in total. The number of aromatic nitrogens is 2. The smallest absolute Gasteiger partial charge is 0.163 e. The molecule has 1 saturated heterocycles. The summed E-state index contributed by atoms with van der Waals surface area (Å²) in [5.41, 5.74) is 2.15. The van der Waals surface area contributed by atoms with Gasteiger partial charge >= 0.3 is 0 Å². The van der Waals surface area contributed by atoms with E-state index in [-0.39, 0.29) is 12.3 Å². The van der Waals surface area contributed by atoms with Crippen LogP contribution < -0.4 is 14.8 Å². The zero-order valence-electron chi connectivity index (χ0n) is 16.5. The van der Waals surface area contributed by atoms with Crippen molar-refractivity contribution in [2.24, 2.45) is 0 Å². The molecule has 1 aliphatic rings. The Hall–Kier alpha value is -2.57. The minimum absolute atomic E-state index is 0.0320. The monoisotopic (exact) mass is 380 g/mol. The van der Waals surface area contributed by atoms with Crippen LogP contribution in [0.25, 0.3) is 10.9 Å². The van der Waals surface area contributed by atoms with Gasteiger partial charge in [-0.25, -0.2) is 0 Å². The van der Waals surface area contributed by atoms with E-state index in [1.54, 1.807) is 7.11 Å². The van der Waals surface area contributed by atoms with Gasteiger partial charge in [0.2, 0.25) is 0 Å². The maximum Gasteiger partial charge on any atom is 0.163 e. The Morgan fingerprint density at radius 1 is 1.14 bits per heavy atom. The first-order valence-electron chi connectivity index (χ1n) is 10.0. The van der Waals surface area contributed by atoms with E-state index < -0.39 is 0 Å². The summed E-state index contributed by atoms with van der Waals surface area (Å²) in [4.78, 5) is 2.45. The zero-order chi connectivity index (χ0) is 19.3. The Bertz CT molecular complexity index is 910. The van der Waals surface area contributed by atoms with Crippen molar-refractivity contribution in [2.75, 3.05) is 26.7 Å². The molecule has 1 aromatic heterocycles. The van der Waals surface area contributed by atoms with Crippen LogP contribution in [0.2, 0.25) is 0 Å². The molecular formula is C22H28N4O2. The van der Waals surface area contributed by atoms with E-state index in [1.165, 1.54) is 5.39 Å². The van der Waals surface area contributed by atoms with Gasteiger partial charge in [-0.15, -0.1) is 0 Å². The lowest BCUT2D eigenvalue weighted by atomic mass is 10.0. The van der Waals surface area contributed by atoms with Crippen LogP contribution in [-0.4, -0.2) is 48.1 Å². The van der Waals surface area contributed by atoms with Crippen LogP contribution in [0.4, 0.5) is 0 Å². The summed E-state index contributed by atoms with van der Waals surface area (Å²) >= 11 is 0. The van der Waals surface area contributed by atoms with E-state index in [1.807, 2.05) is 36.4 Å². The van der Waals surface area contributed by atoms with E-state index in [0.29, 0.717) is 0 Å². The highest BCUT2D eigenvalue weighted by molar-refractivity contribution is 5.81. The average molecular weight is 380 g/mol. The summed E-state index contributed by atoms with van der Waals surface area (Å²) in [7, 11) is 1.68. The summed E-state index contributed by atoms with van der Waals surface area (Å²) in [6.07, 6.45) is 1.95. The summed E-state index contributed by atoms with van der Waals surface area (Å²) in [6, 6.07) is 16.3. The molecule has 148 valence electrons. The van der Waals surface area contributed by atoms with Crippen LogP contribution in [0.1, 0.15) is 31.5 Å². The average Bonchev–Trinajstić information content (AvgIpc) is 3.18. The molecule has 2 aromatic carbocycles. The van der Waals surface area contributed by atoms with Crippen molar-refractivity contribution in [3.63, 3.8) is 0 Å². The Balaban J connectivity index is 1.65. The second-order valence-electron chi connectivity index (χ2n) is 7.12. The standard InChI is InChI=1S/C22H28N4O2/c1-3-8-21(28-20-12-7-6-11-19(20)27-2)26-14-13-23-15-18(26)22-16-9-4-5-10-17(16)24-25-22/h4-7,9-12,18,21,23H,3,8,13-15H2,1-2H3,(H,24,25). The third-order valence-corrected chi connectivity index (χ3v) is 5.35. The number of ether oxygens (including phenoxy) is 2. The van der Waals surface area contributed by atoms with E-state index in [0.717, 1.165) is 55.2 Å². The largest absolute Gasteiger partial charge is 0.493 e. The summed E-state index contributed by atoms with van der Waals surface area (Å²) in [5.74, 6) is 1.55. The molecule has 1 fully saturated rings. The molecule has 0 saturated carbocycles. The van der Waals surface area contributed by atoms with Gasteiger partial charge in [0.05, 0.1) is 24.4 Å². The fourth-order valence-corrected chi connectivity index (χ4v) is 3.97. The molecular weight excluding hydrogens is 352 g/mol. The van der Waals surface area contributed by atoms with Crippen LogP contribution in [0.3, 0.4) is 0 Å². The predicted octanol–water partition coefficient (Wildman–Crippen LogP) is 3.72. The highest BCUT2D eigenvalue weighted by atomic mass is 16.5. The molecule has 0 aliphatic carbocycles. The van der Waals surface area contributed by atoms with Crippen molar-refractivity contribution in [3.8, 4) is 11.5 Å². The highest BCUT2D eigenvalue weighted by Crippen LogP contribution is 2.33. The summed E-state index contributed by atoms with van der Waals surface area (Å²) in [5, 5.41) is 12.5. The fourth-order valence-electron chi connectivity index (χ4n) is 3.97. The van der Waals surface area contributed by atoms with Crippen molar-refractivity contribution >= 4 is 10.9 Å². The molecule has 1 aliphatic heterocycles. The second-order valence-corrected chi connectivity index (χ2v) is 7.12. The first-order valence-corrected chi connectivity index (χ1v) is 10.0. The van der Waals surface area contributed by atoms with Crippen molar-refractivity contribution in [1.82, 2.24) is 20.4 Å². The van der Waals surface area contributed by atoms with E-state index >= 15 is 0 Å².